The molecular weight excluding hydrogens is 423 g/mol. The van der Waals surface area contributed by atoms with Gasteiger partial charge in [0.05, 0.1) is 17.5 Å². The van der Waals surface area contributed by atoms with Crippen molar-refractivity contribution in [2.45, 2.75) is 77.2 Å². The van der Waals surface area contributed by atoms with Gasteiger partial charge in [-0.05, 0) is 77.3 Å². The molecule has 2 aliphatic rings. The Balaban J connectivity index is 1.78. The maximum Gasteiger partial charge on any atom is 0.422 e. The van der Waals surface area contributed by atoms with Gasteiger partial charge in [-0.25, -0.2) is 4.79 Å². The predicted octanol–water partition coefficient (Wildman–Crippen LogP) is 5.35. The van der Waals surface area contributed by atoms with E-state index in [9.17, 15) is 18.0 Å². The summed E-state index contributed by atoms with van der Waals surface area (Å²) in [6, 6.07) is 2.84. The van der Waals surface area contributed by atoms with Gasteiger partial charge in [-0.2, -0.15) is 13.2 Å². The molecule has 0 aromatic heterocycles. The van der Waals surface area contributed by atoms with E-state index in [1.165, 1.54) is 12.1 Å². The zero-order valence-corrected chi connectivity index (χ0v) is 19.1. The normalized spacial score (nSPS) is 20.3. The van der Waals surface area contributed by atoms with E-state index in [4.69, 9.17) is 15.2 Å². The second-order valence-corrected chi connectivity index (χ2v) is 9.74. The van der Waals surface area contributed by atoms with Crippen molar-refractivity contribution in [3.05, 3.63) is 17.7 Å². The number of alkyl halides is 3. The molecule has 1 atom stereocenters. The van der Waals surface area contributed by atoms with Crippen LogP contribution in [0.5, 0.6) is 5.75 Å². The third-order valence-electron chi connectivity index (χ3n) is 5.82. The average Bonchev–Trinajstić information content (AvgIpc) is 3.18. The lowest BCUT2D eigenvalue weighted by Gasteiger charge is -2.37. The van der Waals surface area contributed by atoms with Gasteiger partial charge in [0, 0.05) is 19.6 Å². The first-order valence-corrected chi connectivity index (χ1v) is 11.3. The lowest BCUT2D eigenvalue weighted by molar-refractivity contribution is -0.138. The smallest absolute Gasteiger partial charge is 0.422 e. The third-order valence-corrected chi connectivity index (χ3v) is 5.82. The summed E-state index contributed by atoms with van der Waals surface area (Å²) in [4.78, 5) is 13.7. The summed E-state index contributed by atoms with van der Waals surface area (Å²) < 4.78 is 53.6. The van der Waals surface area contributed by atoms with Crippen molar-refractivity contribution in [3.8, 4) is 5.75 Å². The Morgan fingerprint density at radius 2 is 1.84 bits per heavy atom. The summed E-state index contributed by atoms with van der Waals surface area (Å²) in [7, 11) is 0. The van der Waals surface area contributed by atoms with Gasteiger partial charge in [-0.1, -0.05) is 0 Å². The number of anilines is 2. The molecule has 0 spiro atoms. The second-order valence-electron chi connectivity index (χ2n) is 9.74. The number of halogens is 3. The summed E-state index contributed by atoms with van der Waals surface area (Å²) in [6.45, 7) is 6.47. The van der Waals surface area contributed by atoms with Crippen molar-refractivity contribution in [2.24, 2.45) is 5.92 Å². The van der Waals surface area contributed by atoms with Gasteiger partial charge in [0.25, 0.3) is 0 Å². The molecule has 32 heavy (non-hydrogen) atoms. The number of hydrogen-bond acceptors (Lipinski definition) is 5. The number of nitrogens with zero attached hydrogens (tertiary/aromatic N) is 1. The highest BCUT2D eigenvalue weighted by atomic mass is 19.4. The molecule has 6 nitrogen and oxygen atoms in total. The SMILES string of the molecule is CC(C)(C)OC(=O)NC[C@@H]1CCCN(c2c(N)ccc(OC3CCCC3)c2C(F)(F)F)C1. The quantitative estimate of drug-likeness (QED) is 0.583. The highest BCUT2D eigenvalue weighted by Crippen LogP contribution is 2.47. The number of amides is 1. The molecule has 1 aliphatic heterocycles. The number of alkyl carbamates (subject to hydrolysis) is 1. The van der Waals surface area contributed by atoms with Crippen LogP contribution in [-0.2, 0) is 10.9 Å². The van der Waals surface area contributed by atoms with Gasteiger partial charge in [0.1, 0.15) is 16.9 Å². The Morgan fingerprint density at radius 1 is 1.16 bits per heavy atom. The minimum Gasteiger partial charge on any atom is -0.490 e. The molecular formula is C23H34F3N3O3. The molecule has 1 aliphatic carbocycles. The topological polar surface area (TPSA) is 76.8 Å². The van der Waals surface area contributed by atoms with Crippen molar-refractivity contribution < 1.29 is 27.4 Å². The maximum absolute atomic E-state index is 14.2. The van der Waals surface area contributed by atoms with E-state index in [1.807, 2.05) is 0 Å². The van der Waals surface area contributed by atoms with Crippen LogP contribution in [0.25, 0.3) is 0 Å². The fourth-order valence-corrected chi connectivity index (χ4v) is 4.46. The van der Waals surface area contributed by atoms with E-state index in [0.717, 1.165) is 32.1 Å². The van der Waals surface area contributed by atoms with Gasteiger partial charge in [0.2, 0.25) is 0 Å². The number of carbonyl (C=O) groups is 1. The summed E-state index contributed by atoms with van der Waals surface area (Å²) in [5.41, 5.74) is 4.72. The highest BCUT2D eigenvalue weighted by molar-refractivity contribution is 5.76. The lowest BCUT2D eigenvalue weighted by Crippen LogP contribution is -2.43. The zero-order chi connectivity index (χ0) is 23.5. The molecule has 180 valence electrons. The molecule has 1 aromatic carbocycles. The average molecular weight is 458 g/mol. The number of nitrogen functional groups attached to an aromatic ring is 1. The van der Waals surface area contributed by atoms with Crippen LogP contribution in [0.15, 0.2) is 12.1 Å². The molecule has 1 amide bonds. The van der Waals surface area contributed by atoms with Crippen LogP contribution in [0.4, 0.5) is 29.3 Å². The molecule has 0 unspecified atom stereocenters. The molecule has 1 saturated carbocycles. The van der Waals surface area contributed by atoms with Crippen LogP contribution in [0.2, 0.25) is 0 Å². The van der Waals surface area contributed by atoms with E-state index < -0.39 is 23.4 Å². The van der Waals surface area contributed by atoms with E-state index in [2.05, 4.69) is 5.32 Å². The Morgan fingerprint density at radius 3 is 2.47 bits per heavy atom. The Hall–Kier alpha value is -2.32. The minimum atomic E-state index is -4.60. The molecule has 1 aromatic rings. The van der Waals surface area contributed by atoms with Crippen molar-refractivity contribution in [3.63, 3.8) is 0 Å². The standard InChI is InChI=1S/C23H34F3N3O3/c1-22(2,3)32-21(30)28-13-15-7-6-12-29(14-15)20-17(27)10-11-18(19(20)23(24,25)26)31-16-8-4-5-9-16/h10-11,15-16H,4-9,12-14,27H2,1-3H3,(H,28,30)/t15-/m0/s1. The van der Waals surface area contributed by atoms with E-state index in [1.54, 1.807) is 25.7 Å². The predicted molar refractivity (Wildman–Crippen MR) is 118 cm³/mol. The van der Waals surface area contributed by atoms with E-state index in [0.29, 0.717) is 26.1 Å². The number of ether oxygens (including phenoxy) is 2. The highest BCUT2D eigenvalue weighted by Gasteiger charge is 2.41. The minimum absolute atomic E-state index is 0.0174. The summed E-state index contributed by atoms with van der Waals surface area (Å²) in [6.07, 6.45) is -0.370. The molecule has 3 N–H and O–H groups in total. The number of benzene rings is 1. The number of piperidine rings is 1. The Labute approximate surface area is 187 Å². The number of nitrogens with one attached hydrogen (secondary N) is 1. The largest absolute Gasteiger partial charge is 0.490 e. The summed E-state index contributed by atoms with van der Waals surface area (Å²) in [5.74, 6) is -0.168. The Bertz CT molecular complexity index is 802. The van der Waals surface area contributed by atoms with Crippen molar-refractivity contribution in [1.29, 1.82) is 0 Å². The Kier molecular flexibility index (Phi) is 7.35. The first-order chi connectivity index (χ1) is 14.9. The molecule has 0 bridgehead atoms. The van der Waals surface area contributed by atoms with Crippen LogP contribution in [0.3, 0.4) is 0 Å². The number of rotatable bonds is 5. The fraction of sp³-hybridized carbons (Fsp3) is 0.696. The van der Waals surface area contributed by atoms with Gasteiger partial charge in [0.15, 0.2) is 0 Å². The first kappa shape index (κ1) is 24.3. The van der Waals surface area contributed by atoms with Crippen LogP contribution in [-0.4, -0.2) is 37.4 Å². The van der Waals surface area contributed by atoms with Gasteiger partial charge >= 0.3 is 12.3 Å². The van der Waals surface area contributed by atoms with Gasteiger partial charge in [-0.3, -0.25) is 0 Å². The first-order valence-electron chi connectivity index (χ1n) is 11.3. The van der Waals surface area contributed by atoms with Crippen LogP contribution in [0.1, 0.15) is 64.9 Å². The molecule has 1 heterocycles. The second kappa shape index (κ2) is 9.67. The fourth-order valence-electron chi connectivity index (χ4n) is 4.46. The molecule has 1 saturated heterocycles. The number of nitrogens with two attached hydrogens (primary N) is 1. The molecule has 9 heteroatoms. The van der Waals surface area contributed by atoms with Crippen molar-refractivity contribution in [2.75, 3.05) is 30.3 Å². The summed E-state index contributed by atoms with van der Waals surface area (Å²) >= 11 is 0. The maximum atomic E-state index is 14.2. The number of carbonyl (C=O) groups excluding carboxylic acids is 1. The molecule has 0 radical (unpaired) electrons. The monoisotopic (exact) mass is 457 g/mol. The van der Waals surface area contributed by atoms with E-state index >= 15 is 0 Å². The summed E-state index contributed by atoms with van der Waals surface area (Å²) in [5, 5.41) is 2.73. The van der Waals surface area contributed by atoms with Crippen molar-refractivity contribution >= 4 is 17.5 Å². The van der Waals surface area contributed by atoms with Gasteiger partial charge in [-0.15, -0.1) is 0 Å². The van der Waals surface area contributed by atoms with Crippen molar-refractivity contribution in [1.82, 2.24) is 5.32 Å². The lowest BCUT2D eigenvalue weighted by atomic mass is 9.96. The molecule has 3 rings (SSSR count). The molecule has 2 fully saturated rings. The van der Waals surface area contributed by atoms with Gasteiger partial charge < -0.3 is 25.4 Å². The number of hydrogen-bond donors (Lipinski definition) is 2. The third kappa shape index (κ3) is 6.36. The van der Waals surface area contributed by atoms with E-state index in [-0.39, 0.29) is 29.1 Å². The zero-order valence-electron chi connectivity index (χ0n) is 19.1. The van der Waals surface area contributed by atoms with Crippen LogP contribution in [0, 0.1) is 5.92 Å². The van der Waals surface area contributed by atoms with Crippen LogP contribution >= 0.6 is 0 Å². The van der Waals surface area contributed by atoms with Crippen LogP contribution < -0.4 is 20.7 Å².